The number of hydrogen-bond acceptors (Lipinski definition) is 5. The summed E-state index contributed by atoms with van der Waals surface area (Å²) in [4.78, 5) is 24.4. The second kappa shape index (κ2) is 7.63. The topological polar surface area (TPSA) is 96.7 Å². The zero-order chi connectivity index (χ0) is 20.3. The summed E-state index contributed by atoms with van der Waals surface area (Å²) in [7, 11) is 0. The number of rotatable bonds is 5. The Balaban J connectivity index is 1.36. The minimum absolute atomic E-state index is 0.174. The van der Waals surface area contributed by atoms with Crippen LogP contribution in [0.3, 0.4) is 0 Å². The molecule has 5 rings (SSSR count). The van der Waals surface area contributed by atoms with Gasteiger partial charge in [-0.25, -0.2) is 0 Å². The first kappa shape index (κ1) is 17.8. The van der Waals surface area contributed by atoms with Gasteiger partial charge in [0.2, 0.25) is 11.7 Å². The Morgan fingerprint density at radius 1 is 1.07 bits per heavy atom. The number of nitrogens with zero attached hydrogens (tertiary/aromatic N) is 3. The van der Waals surface area contributed by atoms with Crippen molar-refractivity contribution < 1.29 is 9.32 Å². The van der Waals surface area contributed by atoms with Crippen molar-refractivity contribution in [3.05, 3.63) is 96.3 Å². The van der Waals surface area contributed by atoms with Crippen LogP contribution in [-0.2, 0) is 6.42 Å². The number of aromatic nitrogens is 4. The van der Waals surface area contributed by atoms with Crippen molar-refractivity contribution in [2.24, 2.45) is 0 Å². The SMILES string of the molecule is O=C(Nc1ccccc1Cc1nc(-c2cccnc2)no1)c1ccc2[nH]ccc2c1. The predicted octanol–water partition coefficient (Wildman–Crippen LogP) is 4.46. The molecule has 0 bridgehead atoms. The van der Waals surface area contributed by atoms with Gasteiger partial charge in [-0.2, -0.15) is 4.98 Å². The van der Waals surface area contributed by atoms with Gasteiger partial charge in [-0.05, 0) is 48.0 Å². The van der Waals surface area contributed by atoms with Gasteiger partial charge in [0.15, 0.2) is 0 Å². The molecule has 2 aromatic carbocycles. The van der Waals surface area contributed by atoms with Crippen LogP contribution in [0.25, 0.3) is 22.3 Å². The van der Waals surface area contributed by atoms with E-state index >= 15 is 0 Å². The van der Waals surface area contributed by atoms with Crippen LogP contribution in [0.4, 0.5) is 5.69 Å². The third-order valence-electron chi connectivity index (χ3n) is 4.81. The van der Waals surface area contributed by atoms with Crippen LogP contribution in [-0.4, -0.2) is 26.0 Å². The monoisotopic (exact) mass is 395 g/mol. The second-order valence-electron chi connectivity index (χ2n) is 6.82. The molecule has 1 amide bonds. The molecule has 0 aliphatic rings. The van der Waals surface area contributed by atoms with Gasteiger partial charge in [-0.3, -0.25) is 9.78 Å². The molecule has 0 saturated carbocycles. The Hall–Kier alpha value is -4.26. The third kappa shape index (κ3) is 3.56. The van der Waals surface area contributed by atoms with Crippen LogP contribution in [0.2, 0.25) is 0 Å². The number of hydrogen-bond donors (Lipinski definition) is 2. The Bertz CT molecular complexity index is 1320. The van der Waals surface area contributed by atoms with E-state index in [1.165, 1.54) is 0 Å². The number of anilines is 1. The molecule has 0 atom stereocenters. The van der Waals surface area contributed by atoms with Crippen molar-refractivity contribution in [3.8, 4) is 11.4 Å². The fraction of sp³-hybridized carbons (Fsp3) is 0.0435. The average molecular weight is 395 g/mol. The molecular formula is C23H17N5O2. The fourth-order valence-corrected chi connectivity index (χ4v) is 3.29. The quantitative estimate of drug-likeness (QED) is 0.458. The van der Waals surface area contributed by atoms with Gasteiger partial charge in [-0.15, -0.1) is 0 Å². The van der Waals surface area contributed by atoms with E-state index in [2.05, 4.69) is 25.4 Å². The van der Waals surface area contributed by atoms with Gasteiger partial charge in [0, 0.05) is 46.3 Å². The fourth-order valence-electron chi connectivity index (χ4n) is 3.29. The van der Waals surface area contributed by atoms with Crippen LogP contribution in [0, 0.1) is 0 Å². The number of benzene rings is 2. The maximum atomic E-state index is 12.8. The summed E-state index contributed by atoms with van der Waals surface area (Å²) >= 11 is 0. The molecule has 5 aromatic rings. The highest BCUT2D eigenvalue weighted by Gasteiger charge is 2.14. The number of aromatic amines is 1. The lowest BCUT2D eigenvalue weighted by atomic mass is 10.1. The molecular weight excluding hydrogens is 378 g/mol. The van der Waals surface area contributed by atoms with Crippen molar-refractivity contribution in [2.75, 3.05) is 5.32 Å². The Labute approximate surface area is 171 Å². The normalized spacial score (nSPS) is 10.9. The number of H-pyrrole nitrogens is 1. The number of carbonyl (C=O) groups is 1. The van der Waals surface area contributed by atoms with Crippen molar-refractivity contribution >= 4 is 22.5 Å². The minimum atomic E-state index is -0.174. The maximum absolute atomic E-state index is 12.8. The van der Waals surface area contributed by atoms with E-state index < -0.39 is 0 Å². The molecule has 0 aliphatic heterocycles. The maximum Gasteiger partial charge on any atom is 0.255 e. The lowest BCUT2D eigenvalue weighted by molar-refractivity contribution is 0.102. The van der Waals surface area contributed by atoms with Crippen molar-refractivity contribution in [1.82, 2.24) is 20.1 Å². The number of pyridine rings is 1. The van der Waals surface area contributed by atoms with E-state index in [-0.39, 0.29) is 5.91 Å². The number of carbonyl (C=O) groups excluding carboxylic acids is 1. The van der Waals surface area contributed by atoms with Crippen LogP contribution >= 0.6 is 0 Å². The van der Waals surface area contributed by atoms with E-state index in [0.717, 1.165) is 22.0 Å². The standard InChI is InChI=1S/C23H17N5O2/c29-23(17-7-8-19-16(12-17)9-11-25-19)26-20-6-2-1-4-15(20)13-21-27-22(28-30-21)18-5-3-10-24-14-18/h1-12,14,25H,13H2,(H,26,29). The molecule has 2 N–H and O–H groups in total. The van der Waals surface area contributed by atoms with Gasteiger partial charge < -0.3 is 14.8 Å². The van der Waals surface area contributed by atoms with Crippen LogP contribution in [0.5, 0.6) is 0 Å². The van der Waals surface area contributed by atoms with E-state index in [1.54, 1.807) is 18.5 Å². The summed E-state index contributed by atoms with van der Waals surface area (Å²) in [5, 5.41) is 8.01. The highest BCUT2D eigenvalue weighted by molar-refractivity contribution is 6.06. The third-order valence-corrected chi connectivity index (χ3v) is 4.81. The van der Waals surface area contributed by atoms with Crippen LogP contribution in [0.1, 0.15) is 21.8 Å². The first-order valence-electron chi connectivity index (χ1n) is 9.46. The largest absolute Gasteiger partial charge is 0.361 e. The van der Waals surface area contributed by atoms with Crippen molar-refractivity contribution in [1.29, 1.82) is 0 Å². The Kier molecular flexibility index (Phi) is 4.53. The lowest BCUT2D eigenvalue weighted by Gasteiger charge is -2.10. The van der Waals surface area contributed by atoms with E-state index in [0.29, 0.717) is 29.4 Å². The van der Waals surface area contributed by atoms with Gasteiger partial charge >= 0.3 is 0 Å². The summed E-state index contributed by atoms with van der Waals surface area (Å²) in [6.45, 7) is 0. The summed E-state index contributed by atoms with van der Waals surface area (Å²) in [6.07, 6.45) is 5.63. The van der Waals surface area contributed by atoms with E-state index in [9.17, 15) is 4.79 Å². The number of para-hydroxylation sites is 1. The first-order valence-corrected chi connectivity index (χ1v) is 9.46. The molecule has 3 aromatic heterocycles. The number of fused-ring (bicyclic) bond motifs is 1. The molecule has 30 heavy (non-hydrogen) atoms. The van der Waals surface area contributed by atoms with Crippen LogP contribution < -0.4 is 5.32 Å². The summed E-state index contributed by atoms with van der Waals surface area (Å²) in [5.74, 6) is 0.774. The molecule has 0 aliphatic carbocycles. The van der Waals surface area contributed by atoms with Crippen molar-refractivity contribution in [2.45, 2.75) is 6.42 Å². The molecule has 0 radical (unpaired) electrons. The predicted molar refractivity (Wildman–Crippen MR) is 113 cm³/mol. The zero-order valence-electron chi connectivity index (χ0n) is 15.9. The first-order chi connectivity index (χ1) is 14.8. The molecule has 7 heteroatoms. The molecule has 0 fully saturated rings. The van der Waals surface area contributed by atoms with E-state index in [4.69, 9.17) is 4.52 Å². The summed E-state index contributed by atoms with van der Waals surface area (Å²) in [5.41, 5.74) is 3.96. The number of amides is 1. The summed E-state index contributed by atoms with van der Waals surface area (Å²) < 4.78 is 5.40. The van der Waals surface area contributed by atoms with Gasteiger partial charge in [0.1, 0.15) is 0 Å². The zero-order valence-corrected chi connectivity index (χ0v) is 15.9. The van der Waals surface area contributed by atoms with Crippen molar-refractivity contribution in [3.63, 3.8) is 0 Å². The molecule has 146 valence electrons. The molecule has 3 heterocycles. The summed E-state index contributed by atoms with van der Waals surface area (Å²) in [6, 6.07) is 18.8. The second-order valence-corrected chi connectivity index (χ2v) is 6.82. The molecule has 0 unspecified atom stereocenters. The Morgan fingerprint density at radius 2 is 2.00 bits per heavy atom. The molecule has 0 saturated heterocycles. The average Bonchev–Trinajstić information content (AvgIpc) is 3.44. The van der Waals surface area contributed by atoms with Crippen LogP contribution in [0.15, 0.2) is 83.8 Å². The van der Waals surface area contributed by atoms with Gasteiger partial charge in [0.05, 0.1) is 6.42 Å². The Morgan fingerprint density at radius 3 is 2.90 bits per heavy atom. The molecule has 0 spiro atoms. The smallest absolute Gasteiger partial charge is 0.255 e. The van der Waals surface area contributed by atoms with Gasteiger partial charge in [-0.1, -0.05) is 23.4 Å². The molecule has 7 nitrogen and oxygen atoms in total. The van der Waals surface area contributed by atoms with Gasteiger partial charge in [0.25, 0.3) is 5.91 Å². The highest BCUT2D eigenvalue weighted by atomic mass is 16.5. The number of nitrogens with one attached hydrogen (secondary N) is 2. The van der Waals surface area contributed by atoms with E-state index in [1.807, 2.05) is 60.8 Å². The lowest BCUT2D eigenvalue weighted by Crippen LogP contribution is -2.13. The minimum Gasteiger partial charge on any atom is -0.361 e. The highest BCUT2D eigenvalue weighted by Crippen LogP contribution is 2.22.